The van der Waals surface area contributed by atoms with Crippen LogP contribution in [0.1, 0.15) is 10.4 Å². The van der Waals surface area contributed by atoms with Crippen molar-refractivity contribution in [3.8, 4) is 11.3 Å². The first kappa shape index (κ1) is 10.5. The van der Waals surface area contributed by atoms with E-state index < -0.39 is 5.97 Å². The Morgan fingerprint density at radius 1 is 1.17 bits per heavy atom. The van der Waals surface area contributed by atoms with Crippen molar-refractivity contribution in [2.75, 3.05) is 0 Å². The lowest BCUT2D eigenvalue weighted by molar-refractivity contribution is 0.0698. The fraction of sp³-hybridized carbons (Fsp3) is 0. The number of hydrogen-bond donors (Lipinski definition) is 1. The van der Waals surface area contributed by atoms with Crippen molar-refractivity contribution >= 4 is 11.6 Å². The number of carbonyl (C=O) groups is 1. The fourth-order valence-electron chi connectivity index (χ4n) is 1.81. The maximum absolute atomic E-state index is 11.1. The van der Waals surface area contributed by atoms with Crippen LogP contribution in [0.5, 0.6) is 0 Å². The first-order chi connectivity index (χ1) is 8.75. The predicted octanol–water partition coefficient (Wildman–Crippen LogP) is 2.09. The highest BCUT2D eigenvalue weighted by Crippen LogP contribution is 2.19. The summed E-state index contributed by atoms with van der Waals surface area (Å²) < 4.78 is 1.48. The van der Waals surface area contributed by atoms with Crippen LogP contribution >= 0.6 is 0 Å². The van der Waals surface area contributed by atoms with Gasteiger partial charge in [-0.05, 0) is 6.07 Å². The molecule has 0 saturated heterocycles. The summed E-state index contributed by atoms with van der Waals surface area (Å²) in [5.41, 5.74) is 2.13. The number of carboxylic acid groups (broad SMARTS) is 1. The van der Waals surface area contributed by atoms with E-state index in [0.717, 1.165) is 5.56 Å². The van der Waals surface area contributed by atoms with Crippen LogP contribution in [0, 0.1) is 0 Å². The molecule has 1 N–H and O–H groups in total. The average molecular weight is 239 g/mol. The zero-order valence-corrected chi connectivity index (χ0v) is 9.32. The Hall–Kier alpha value is -2.69. The zero-order chi connectivity index (χ0) is 12.5. The van der Waals surface area contributed by atoms with Gasteiger partial charge in [0.25, 0.3) is 0 Å². The van der Waals surface area contributed by atoms with Gasteiger partial charge in [-0.15, -0.1) is 0 Å². The Balaban J connectivity index is 2.23. The Labute approximate surface area is 102 Å². The number of hydrogen-bond acceptors (Lipinski definition) is 3. The van der Waals surface area contributed by atoms with E-state index in [-0.39, 0.29) is 5.56 Å². The van der Waals surface area contributed by atoms with Gasteiger partial charge in [0.2, 0.25) is 0 Å². The highest BCUT2D eigenvalue weighted by atomic mass is 16.4. The van der Waals surface area contributed by atoms with Gasteiger partial charge in [0.15, 0.2) is 5.65 Å². The first-order valence-electron chi connectivity index (χ1n) is 5.39. The lowest BCUT2D eigenvalue weighted by Gasteiger charge is -1.95. The third-order valence-corrected chi connectivity index (χ3v) is 2.66. The van der Waals surface area contributed by atoms with Crippen LogP contribution in [0.2, 0.25) is 0 Å². The summed E-state index contributed by atoms with van der Waals surface area (Å²) in [5, 5.41) is 13.1. The van der Waals surface area contributed by atoms with Crippen molar-refractivity contribution in [2.45, 2.75) is 0 Å². The van der Waals surface area contributed by atoms with E-state index in [1.54, 1.807) is 6.20 Å². The summed E-state index contributed by atoms with van der Waals surface area (Å²) >= 11 is 0. The Kier molecular flexibility index (Phi) is 2.30. The molecule has 3 rings (SSSR count). The monoisotopic (exact) mass is 239 g/mol. The van der Waals surface area contributed by atoms with Crippen molar-refractivity contribution in [2.24, 2.45) is 0 Å². The molecule has 0 bridgehead atoms. The maximum atomic E-state index is 11.1. The molecule has 0 saturated carbocycles. The first-order valence-corrected chi connectivity index (χ1v) is 5.39. The highest BCUT2D eigenvalue weighted by molar-refractivity contribution is 5.94. The van der Waals surface area contributed by atoms with Crippen LogP contribution in [-0.2, 0) is 0 Å². The molecule has 0 amide bonds. The van der Waals surface area contributed by atoms with Crippen molar-refractivity contribution in [3.63, 3.8) is 0 Å². The Morgan fingerprint density at radius 2 is 1.94 bits per heavy atom. The maximum Gasteiger partial charge on any atom is 0.339 e. The molecule has 5 nitrogen and oxygen atoms in total. The Morgan fingerprint density at radius 3 is 2.67 bits per heavy atom. The SMILES string of the molecule is O=C(O)c1ccnn2cc(-c3ccccc3)nc12. The molecule has 2 heterocycles. The third-order valence-electron chi connectivity index (χ3n) is 2.66. The van der Waals surface area contributed by atoms with Crippen LogP contribution in [0.4, 0.5) is 0 Å². The summed E-state index contributed by atoms with van der Waals surface area (Å²) in [4.78, 5) is 15.4. The summed E-state index contributed by atoms with van der Waals surface area (Å²) in [6.45, 7) is 0. The summed E-state index contributed by atoms with van der Waals surface area (Å²) in [6, 6.07) is 11.0. The molecule has 88 valence electrons. The number of fused-ring (bicyclic) bond motifs is 1. The molecule has 2 aromatic heterocycles. The second kappa shape index (κ2) is 3.96. The third kappa shape index (κ3) is 1.62. The van der Waals surface area contributed by atoms with E-state index in [0.29, 0.717) is 11.3 Å². The number of aromatic nitrogens is 3. The Bertz CT molecular complexity index is 719. The van der Waals surface area contributed by atoms with Gasteiger partial charge in [-0.1, -0.05) is 30.3 Å². The quantitative estimate of drug-likeness (QED) is 0.743. The molecular weight excluding hydrogens is 230 g/mol. The number of rotatable bonds is 2. The molecule has 18 heavy (non-hydrogen) atoms. The van der Waals surface area contributed by atoms with Crippen LogP contribution in [0.3, 0.4) is 0 Å². The number of nitrogens with zero attached hydrogens (tertiary/aromatic N) is 3. The highest BCUT2D eigenvalue weighted by Gasteiger charge is 2.13. The van der Waals surface area contributed by atoms with E-state index in [1.807, 2.05) is 30.3 Å². The number of aromatic carboxylic acids is 1. The summed E-state index contributed by atoms with van der Waals surface area (Å²) in [5.74, 6) is -1.01. The van der Waals surface area contributed by atoms with Crippen LogP contribution in [0.15, 0.2) is 48.8 Å². The van der Waals surface area contributed by atoms with Gasteiger partial charge < -0.3 is 5.11 Å². The fourth-order valence-corrected chi connectivity index (χ4v) is 1.81. The molecule has 0 aliphatic carbocycles. The molecule has 0 spiro atoms. The minimum Gasteiger partial charge on any atom is -0.478 e. The van der Waals surface area contributed by atoms with E-state index in [9.17, 15) is 4.79 Å². The normalized spacial score (nSPS) is 10.7. The molecular formula is C13H9N3O2. The van der Waals surface area contributed by atoms with Crippen LogP contribution in [-0.4, -0.2) is 25.7 Å². The average Bonchev–Trinajstić information content (AvgIpc) is 2.83. The lowest BCUT2D eigenvalue weighted by Crippen LogP contribution is -2.01. The second-order valence-electron chi connectivity index (χ2n) is 3.81. The number of benzene rings is 1. The van der Waals surface area contributed by atoms with E-state index in [2.05, 4.69) is 10.1 Å². The summed E-state index contributed by atoms with van der Waals surface area (Å²) in [7, 11) is 0. The van der Waals surface area contributed by atoms with E-state index in [4.69, 9.17) is 5.11 Å². The van der Waals surface area contributed by atoms with Gasteiger partial charge in [-0.2, -0.15) is 5.10 Å². The molecule has 0 aliphatic rings. The molecule has 0 radical (unpaired) electrons. The second-order valence-corrected chi connectivity index (χ2v) is 3.81. The van der Waals surface area contributed by atoms with Crippen molar-refractivity contribution in [1.29, 1.82) is 0 Å². The van der Waals surface area contributed by atoms with Crippen molar-refractivity contribution in [3.05, 3.63) is 54.4 Å². The summed E-state index contributed by atoms with van der Waals surface area (Å²) in [6.07, 6.45) is 3.17. The topological polar surface area (TPSA) is 67.5 Å². The molecule has 5 heteroatoms. The largest absolute Gasteiger partial charge is 0.478 e. The number of carboxylic acids is 1. The minimum atomic E-state index is -1.01. The van der Waals surface area contributed by atoms with Crippen molar-refractivity contribution in [1.82, 2.24) is 14.6 Å². The smallest absolute Gasteiger partial charge is 0.339 e. The zero-order valence-electron chi connectivity index (χ0n) is 9.32. The molecule has 0 fully saturated rings. The van der Waals surface area contributed by atoms with Gasteiger partial charge in [0.05, 0.1) is 11.9 Å². The molecule has 0 atom stereocenters. The minimum absolute atomic E-state index is 0.146. The predicted molar refractivity (Wildman–Crippen MR) is 65.4 cm³/mol. The van der Waals surface area contributed by atoms with Crippen LogP contribution in [0.25, 0.3) is 16.9 Å². The van der Waals surface area contributed by atoms with Gasteiger partial charge in [0, 0.05) is 11.8 Å². The van der Waals surface area contributed by atoms with E-state index >= 15 is 0 Å². The van der Waals surface area contributed by atoms with Crippen molar-refractivity contribution < 1.29 is 9.90 Å². The van der Waals surface area contributed by atoms with Gasteiger partial charge in [-0.25, -0.2) is 14.3 Å². The molecule has 0 aliphatic heterocycles. The standard InChI is InChI=1S/C13H9N3O2/c17-13(18)10-6-7-14-16-8-11(15-12(10)16)9-4-2-1-3-5-9/h1-8H,(H,17,18). The van der Waals surface area contributed by atoms with E-state index in [1.165, 1.54) is 16.8 Å². The number of imidazole rings is 1. The van der Waals surface area contributed by atoms with Gasteiger partial charge in [-0.3, -0.25) is 0 Å². The molecule has 0 unspecified atom stereocenters. The van der Waals surface area contributed by atoms with Crippen LogP contribution < -0.4 is 0 Å². The molecule has 1 aromatic carbocycles. The van der Waals surface area contributed by atoms with Gasteiger partial charge in [0.1, 0.15) is 5.56 Å². The lowest BCUT2D eigenvalue weighted by atomic mass is 10.2. The van der Waals surface area contributed by atoms with Gasteiger partial charge >= 0.3 is 5.97 Å². The molecule has 3 aromatic rings.